The van der Waals surface area contributed by atoms with Crippen molar-refractivity contribution in [3.8, 4) is 0 Å². The number of carbonyl (C=O) groups excluding carboxylic acids is 1. The summed E-state index contributed by atoms with van der Waals surface area (Å²) in [5.41, 5.74) is 1.68. The van der Waals surface area contributed by atoms with E-state index in [-0.39, 0.29) is 29.3 Å². The maximum absolute atomic E-state index is 13.1. The van der Waals surface area contributed by atoms with Gasteiger partial charge in [-0.3, -0.25) is 4.79 Å². The van der Waals surface area contributed by atoms with Gasteiger partial charge < -0.3 is 4.90 Å². The second-order valence-corrected chi connectivity index (χ2v) is 9.77. The standard InChI is InChI=1S/C24H22FNO3S/c25-21-11-8-18(9-12-21)10-13-24(27)26(22-14-15-30(28,29)17-22)16-20-6-3-5-19-4-1-2-7-23(19)20/h1-13,22H,14-17H2/b13-10+/t22-/m0/s1. The minimum Gasteiger partial charge on any atom is -0.331 e. The first-order valence-electron chi connectivity index (χ1n) is 9.83. The molecule has 1 atom stereocenters. The summed E-state index contributed by atoms with van der Waals surface area (Å²) in [5.74, 6) is -0.520. The van der Waals surface area contributed by atoms with Crippen molar-refractivity contribution in [3.05, 3.63) is 89.8 Å². The van der Waals surface area contributed by atoms with Crippen LogP contribution in [0.3, 0.4) is 0 Å². The van der Waals surface area contributed by atoms with Gasteiger partial charge in [-0.05, 0) is 46.5 Å². The van der Waals surface area contributed by atoms with Gasteiger partial charge in [-0.2, -0.15) is 0 Å². The van der Waals surface area contributed by atoms with E-state index in [0.29, 0.717) is 18.5 Å². The van der Waals surface area contributed by atoms with E-state index in [1.807, 2.05) is 42.5 Å². The normalized spacial score (nSPS) is 18.1. The Bertz CT molecular complexity index is 1200. The molecule has 154 valence electrons. The third-order valence-electron chi connectivity index (χ3n) is 5.44. The fraction of sp³-hybridized carbons (Fsp3) is 0.208. The highest BCUT2D eigenvalue weighted by Crippen LogP contribution is 2.25. The van der Waals surface area contributed by atoms with Crippen molar-refractivity contribution in [1.82, 2.24) is 4.90 Å². The molecule has 1 saturated heterocycles. The first-order valence-corrected chi connectivity index (χ1v) is 11.6. The first-order chi connectivity index (χ1) is 14.4. The monoisotopic (exact) mass is 423 g/mol. The molecule has 1 aliphatic rings. The number of rotatable bonds is 5. The maximum Gasteiger partial charge on any atom is 0.247 e. The maximum atomic E-state index is 13.1. The molecule has 3 aromatic rings. The number of hydrogen-bond acceptors (Lipinski definition) is 3. The Labute approximate surface area is 175 Å². The summed E-state index contributed by atoms with van der Waals surface area (Å²) >= 11 is 0. The summed E-state index contributed by atoms with van der Waals surface area (Å²) in [6, 6.07) is 19.4. The lowest BCUT2D eigenvalue weighted by atomic mass is 10.0. The van der Waals surface area contributed by atoms with Crippen molar-refractivity contribution >= 4 is 32.6 Å². The van der Waals surface area contributed by atoms with Crippen LogP contribution in [-0.2, 0) is 21.2 Å². The average Bonchev–Trinajstić information content (AvgIpc) is 3.10. The molecular formula is C24H22FNO3S. The molecular weight excluding hydrogens is 401 g/mol. The fourth-order valence-corrected chi connectivity index (χ4v) is 5.59. The van der Waals surface area contributed by atoms with E-state index in [4.69, 9.17) is 0 Å². The molecule has 30 heavy (non-hydrogen) atoms. The fourth-order valence-electron chi connectivity index (χ4n) is 3.86. The Hall–Kier alpha value is -2.99. The number of nitrogens with zero attached hydrogens (tertiary/aromatic N) is 1. The SMILES string of the molecule is O=C(/C=C/c1ccc(F)cc1)N(Cc1cccc2ccccc12)[C@H]1CCS(=O)(=O)C1. The van der Waals surface area contributed by atoms with Gasteiger partial charge in [-0.15, -0.1) is 0 Å². The number of benzene rings is 3. The predicted molar refractivity (Wildman–Crippen MR) is 117 cm³/mol. The van der Waals surface area contributed by atoms with Crippen LogP contribution in [0, 0.1) is 5.82 Å². The van der Waals surface area contributed by atoms with E-state index >= 15 is 0 Å². The van der Waals surface area contributed by atoms with Gasteiger partial charge in [0.1, 0.15) is 5.82 Å². The molecule has 1 heterocycles. The van der Waals surface area contributed by atoms with Gasteiger partial charge in [0.05, 0.1) is 11.5 Å². The zero-order chi connectivity index (χ0) is 21.1. The summed E-state index contributed by atoms with van der Waals surface area (Å²) in [5, 5.41) is 2.12. The number of hydrogen-bond donors (Lipinski definition) is 0. The van der Waals surface area contributed by atoms with Crippen molar-refractivity contribution in [2.75, 3.05) is 11.5 Å². The van der Waals surface area contributed by atoms with E-state index in [2.05, 4.69) is 0 Å². The van der Waals surface area contributed by atoms with Gasteiger partial charge in [0.2, 0.25) is 5.91 Å². The highest BCUT2D eigenvalue weighted by atomic mass is 32.2. The third-order valence-corrected chi connectivity index (χ3v) is 7.19. The molecule has 1 fully saturated rings. The molecule has 0 spiro atoms. The third kappa shape index (κ3) is 4.60. The van der Waals surface area contributed by atoms with Gasteiger partial charge in [0.25, 0.3) is 0 Å². The van der Waals surface area contributed by atoms with E-state index in [9.17, 15) is 17.6 Å². The first kappa shape index (κ1) is 20.3. The van der Waals surface area contributed by atoms with Crippen molar-refractivity contribution in [2.45, 2.75) is 19.0 Å². The molecule has 1 amide bonds. The molecule has 0 unspecified atom stereocenters. The number of halogens is 1. The van der Waals surface area contributed by atoms with Gasteiger partial charge in [-0.25, -0.2) is 12.8 Å². The van der Waals surface area contributed by atoms with E-state index in [1.165, 1.54) is 18.2 Å². The van der Waals surface area contributed by atoms with Crippen LogP contribution in [0.25, 0.3) is 16.8 Å². The summed E-state index contributed by atoms with van der Waals surface area (Å²) in [6.07, 6.45) is 3.49. The van der Waals surface area contributed by atoms with E-state index in [0.717, 1.165) is 16.3 Å². The Morgan fingerprint density at radius 3 is 2.50 bits per heavy atom. The van der Waals surface area contributed by atoms with Crippen LogP contribution in [0.5, 0.6) is 0 Å². The summed E-state index contributed by atoms with van der Waals surface area (Å²) < 4.78 is 37.2. The molecule has 0 aromatic heterocycles. The Morgan fingerprint density at radius 1 is 1.03 bits per heavy atom. The number of carbonyl (C=O) groups is 1. The Kier molecular flexibility index (Phi) is 5.68. The van der Waals surface area contributed by atoms with Crippen LogP contribution < -0.4 is 0 Å². The second kappa shape index (κ2) is 8.40. The van der Waals surface area contributed by atoms with Crippen LogP contribution >= 0.6 is 0 Å². The number of amides is 1. The molecule has 4 rings (SSSR count). The van der Waals surface area contributed by atoms with Crippen molar-refractivity contribution in [2.24, 2.45) is 0 Å². The zero-order valence-electron chi connectivity index (χ0n) is 16.4. The average molecular weight is 424 g/mol. The van der Waals surface area contributed by atoms with Gasteiger partial charge >= 0.3 is 0 Å². The topological polar surface area (TPSA) is 54.5 Å². The molecule has 1 aliphatic heterocycles. The molecule has 4 nitrogen and oxygen atoms in total. The van der Waals surface area contributed by atoms with Crippen LogP contribution in [-0.4, -0.2) is 36.8 Å². The summed E-state index contributed by atoms with van der Waals surface area (Å²) in [6.45, 7) is 0.328. The predicted octanol–water partition coefficient (Wildman–Crippen LogP) is 4.21. The molecule has 0 radical (unpaired) electrons. The molecule has 3 aromatic carbocycles. The second-order valence-electron chi connectivity index (χ2n) is 7.55. The zero-order valence-corrected chi connectivity index (χ0v) is 17.2. The highest BCUT2D eigenvalue weighted by Gasteiger charge is 2.34. The highest BCUT2D eigenvalue weighted by molar-refractivity contribution is 7.91. The van der Waals surface area contributed by atoms with Crippen molar-refractivity contribution in [1.29, 1.82) is 0 Å². The lowest BCUT2D eigenvalue weighted by Crippen LogP contribution is -2.39. The number of fused-ring (bicyclic) bond motifs is 1. The van der Waals surface area contributed by atoms with E-state index < -0.39 is 9.84 Å². The molecule has 0 N–H and O–H groups in total. The minimum atomic E-state index is -3.14. The van der Waals surface area contributed by atoms with Gasteiger partial charge in [0.15, 0.2) is 9.84 Å². The Morgan fingerprint density at radius 2 is 1.77 bits per heavy atom. The molecule has 0 aliphatic carbocycles. The minimum absolute atomic E-state index is 0.0199. The summed E-state index contributed by atoms with van der Waals surface area (Å²) in [4.78, 5) is 14.7. The van der Waals surface area contributed by atoms with E-state index in [1.54, 1.807) is 23.1 Å². The largest absolute Gasteiger partial charge is 0.331 e. The number of sulfone groups is 1. The smallest absolute Gasteiger partial charge is 0.247 e. The quantitative estimate of drug-likeness (QED) is 0.578. The van der Waals surface area contributed by atoms with Crippen LogP contribution in [0.15, 0.2) is 72.8 Å². The van der Waals surface area contributed by atoms with Crippen molar-refractivity contribution in [3.63, 3.8) is 0 Å². The Balaban J connectivity index is 1.64. The molecule has 6 heteroatoms. The van der Waals surface area contributed by atoms with Crippen LogP contribution in [0.4, 0.5) is 4.39 Å². The van der Waals surface area contributed by atoms with Crippen LogP contribution in [0.1, 0.15) is 17.5 Å². The molecule has 0 bridgehead atoms. The van der Waals surface area contributed by atoms with Gasteiger partial charge in [-0.1, -0.05) is 54.6 Å². The summed E-state index contributed by atoms with van der Waals surface area (Å²) in [7, 11) is -3.14. The lowest BCUT2D eigenvalue weighted by Gasteiger charge is -2.28. The lowest BCUT2D eigenvalue weighted by molar-refractivity contribution is -0.128. The van der Waals surface area contributed by atoms with Gasteiger partial charge in [0, 0.05) is 18.7 Å². The molecule has 0 saturated carbocycles. The van der Waals surface area contributed by atoms with Crippen molar-refractivity contribution < 1.29 is 17.6 Å². The van der Waals surface area contributed by atoms with Crippen LogP contribution in [0.2, 0.25) is 0 Å².